The van der Waals surface area contributed by atoms with Gasteiger partial charge >= 0.3 is 5.97 Å². The quantitative estimate of drug-likeness (QED) is 0.475. The van der Waals surface area contributed by atoms with E-state index in [-0.39, 0.29) is 12.0 Å². The number of carboxylic acids is 1. The maximum atomic E-state index is 10.9. The molecule has 2 rings (SSSR count). The fourth-order valence-electron chi connectivity index (χ4n) is 4.20. The minimum absolute atomic E-state index is 0.243. The zero-order valence-electron chi connectivity index (χ0n) is 13.9. The molecule has 0 aliphatic heterocycles. The van der Waals surface area contributed by atoms with Crippen molar-refractivity contribution in [2.24, 2.45) is 35.5 Å². The van der Waals surface area contributed by atoms with Crippen LogP contribution in [0.3, 0.4) is 0 Å². The number of allylic oxidation sites excluding steroid dienone is 5. The highest BCUT2D eigenvalue weighted by atomic mass is 16.4. The normalized spacial score (nSPS) is 42.4. The molecule has 0 heterocycles. The molecule has 0 spiro atoms. The first-order valence-electron chi connectivity index (χ1n) is 8.27. The molecule has 1 saturated carbocycles. The first-order valence-corrected chi connectivity index (χ1v) is 8.27. The van der Waals surface area contributed by atoms with Crippen molar-refractivity contribution < 1.29 is 15.0 Å². The number of hydrogen-bond acceptors (Lipinski definition) is 2. The number of aliphatic hydroxyl groups excluding tert-OH is 1. The number of aliphatic hydroxyl groups is 1. The van der Waals surface area contributed by atoms with Gasteiger partial charge in [0.05, 0.1) is 6.10 Å². The zero-order chi connectivity index (χ0) is 16.4. The van der Waals surface area contributed by atoms with Gasteiger partial charge in [-0.05, 0) is 48.9 Å². The molecule has 0 amide bonds. The van der Waals surface area contributed by atoms with Crippen LogP contribution >= 0.6 is 0 Å². The van der Waals surface area contributed by atoms with Crippen LogP contribution in [0.15, 0.2) is 36.0 Å². The van der Waals surface area contributed by atoms with Crippen LogP contribution in [-0.2, 0) is 4.79 Å². The van der Waals surface area contributed by atoms with E-state index in [0.717, 1.165) is 6.42 Å². The molecule has 2 N–H and O–H groups in total. The molecule has 3 nitrogen and oxygen atoms in total. The molecule has 0 radical (unpaired) electrons. The standard InChI is InChI=1S/C19H28O3/c1-11-8-9-15-10-13(3)18(20)14(4)17(15)16(11)7-5-6-12(2)19(21)22/h5-9,11,13-18,20H,10H2,1-4H3,(H,21,22)/b7-5+,12-6-/t11-,13+,14-,15-,16-,17+,18-/m0/s1. The Morgan fingerprint density at radius 3 is 2.55 bits per heavy atom. The van der Waals surface area contributed by atoms with Gasteiger partial charge in [-0.1, -0.05) is 51.2 Å². The molecule has 0 unspecified atom stereocenters. The van der Waals surface area contributed by atoms with Crippen molar-refractivity contribution in [2.45, 2.75) is 40.2 Å². The second-order valence-electron chi connectivity index (χ2n) is 7.16. The summed E-state index contributed by atoms with van der Waals surface area (Å²) in [6, 6.07) is 0. The van der Waals surface area contributed by atoms with Gasteiger partial charge in [0.25, 0.3) is 0 Å². The van der Waals surface area contributed by atoms with Crippen LogP contribution in [0.4, 0.5) is 0 Å². The number of fused-ring (bicyclic) bond motifs is 1. The first kappa shape index (κ1) is 17.0. The SMILES string of the molecule is C/C(=C/C=C/[C@@H]1[C@@H]2[C@H](C)[C@@H](O)[C@H](C)C[C@@H]2C=C[C@@H]1C)C(=O)O. The van der Waals surface area contributed by atoms with E-state index in [1.54, 1.807) is 13.0 Å². The third kappa shape index (κ3) is 3.35. The van der Waals surface area contributed by atoms with E-state index in [0.29, 0.717) is 35.2 Å². The maximum Gasteiger partial charge on any atom is 0.331 e. The minimum Gasteiger partial charge on any atom is -0.478 e. The fraction of sp³-hybridized carbons (Fsp3) is 0.632. The minimum atomic E-state index is -0.880. The van der Waals surface area contributed by atoms with Gasteiger partial charge in [0.1, 0.15) is 0 Å². The molecule has 0 saturated heterocycles. The van der Waals surface area contributed by atoms with Crippen LogP contribution in [0, 0.1) is 35.5 Å². The Morgan fingerprint density at radius 2 is 1.91 bits per heavy atom. The lowest BCUT2D eigenvalue weighted by Crippen LogP contribution is -2.46. The van der Waals surface area contributed by atoms with E-state index >= 15 is 0 Å². The van der Waals surface area contributed by atoms with E-state index in [9.17, 15) is 9.90 Å². The molecular formula is C19H28O3. The molecule has 1 fully saturated rings. The zero-order valence-corrected chi connectivity index (χ0v) is 13.9. The van der Waals surface area contributed by atoms with Crippen molar-refractivity contribution in [3.63, 3.8) is 0 Å². The van der Waals surface area contributed by atoms with Gasteiger partial charge in [0.15, 0.2) is 0 Å². The first-order chi connectivity index (χ1) is 10.3. The van der Waals surface area contributed by atoms with E-state index < -0.39 is 5.97 Å². The van der Waals surface area contributed by atoms with Gasteiger partial charge in [-0.2, -0.15) is 0 Å². The lowest BCUT2D eigenvalue weighted by Gasteiger charge is -2.48. The van der Waals surface area contributed by atoms with Crippen molar-refractivity contribution >= 4 is 5.97 Å². The summed E-state index contributed by atoms with van der Waals surface area (Å²) >= 11 is 0. The Labute approximate surface area is 133 Å². The second-order valence-corrected chi connectivity index (χ2v) is 7.16. The topological polar surface area (TPSA) is 57.5 Å². The van der Waals surface area contributed by atoms with Gasteiger partial charge in [0.2, 0.25) is 0 Å². The second kappa shape index (κ2) is 6.82. The van der Waals surface area contributed by atoms with Gasteiger partial charge in [0, 0.05) is 5.57 Å². The van der Waals surface area contributed by atoms with Crippen LogP contribution in [0.1, 0.15) is 34.1 Å². The molecule has 7 atom stereocenters. The summed E-state index contributed by atoms with van der Waals surface area (Å²) in [6.07, 6.45) is 11.1. The van der Waals surface area contributed by atoms with Gasteiger partial charge in [-0.3, -0.25) is 0 Å². The predicted molar refractivity (Wildman–Crippen MR) is 88.3 cm³/mol. The van der Waals surface area contributed by atoms with E-state index in [2.05, 4.69) is 39.0 Å². The van der Waals surface area contributed by atoms with Crippen molar-refractivity contribution in [1.82, 2.24) is 0 Å². The van der Waals surface area contributed by atoms with Gasteiger partial charge in [-0.15, -0.1) is 0 Å². The van der Waals surface area contributed by atoms with E-state index in [1.165, 1.54) is 0 Å². The highest BCUT2D eigenvalue weighted by Gasteiger charge is 2.44. The summed E-state index contributed by atoms with van der Waals surface area (Å²) in [5, 5.41) is 19.4. The summed E-state index contributed by atoms with van der Waals surface area (Å²) < 4.78 is 0. The smallest absolute Gasteiger partial charge is 0.331 e. The Hall–Kier alpha value is -1.35. The molecule has 0 aromatic carbocycles. The molecule has 2 aliphatic carbocycles. The van der Waals surface area contributed by atoms with Crippen molar-refractivity contribution in [3.8, 4) is 0 Å². The molecule has 0 aromatic rings. The monoisotopic (exact) mass is 304 g/mol. The molecule has 3 heteroatoms. The molecular weight excluding hydrogens is 276 g/mol. The number of carboxylic acid groups (broad SMARTS) is 1. The van der Waals surface area contributed by atoms with Crippen LogP contribution in [0.25, 0.3) is 0 Å². The average Bonchev–Trinajstić information content (AvgIpc) is 2.47. The van der Waals surface area contributed by atoms with Crippen molar-refractivity contribution in [3.05, 3.63) is 36.0 Å². The Bertz CT molecular complexity index is 503. The number of rotatable bonds is 3. The summed E-state index contributed by atoms with van der Waals surface area (Å²) in [4.78, 5) is 10.9. The van der Waals surface area contributed by atoms with Crippen LogP contribution < -0.4 is 0 Å². The maximum absolute atomic E-state index is 10.9. The number of carbonyl (C=O) groups is 1. The Balaban J connectivity index is 2.22. The summed E-state index contributed by atoms with van der Waals surface area (Å²) in [5.74, 6) is 1.44. The van der Waals surface area contributed by atoms with Crippen LogP contribution in [-0.4, -0.2) is 22.3 Å². The highest BCUT2D eigenvalue weighted by molar-refractivity contribution is 5.86. The van der Waals surface area contributed by atoms with E-state index in [4.69, 9.17) is 5.11 Å². The Morgan fingerprint density at radius 1 is 1.23 bits per heavy atom. The van der Waals surface area contributed by atoms with Crippen molar-refractivity contribution in [2.75, 3.05) is 0 Å². The van der Waals surface area contributed by atoms with Crippen LogP contribution in [0.5, 0.6) is 0 Å². The summed E-state index contributed by atoms with van der Waals surface area (Å²) in [5.41, 5.74) is 0.345. The third-order valence-corrected chi connectivity index (χ3v) is 5.60. The average molecular weight is 304 g/mol. The molecule has 2 aliphatic rings. The largest absolute Gasteiger partial charge is 0.478 e. The van der Waals surface area contributed by atoms with Crippen LogP contribution in [0.2, 0.25) is 0 Å². The Kier molecular flexibility index (Phi) is 5.28. The molecule has 22 heavy (non-hydrogen) atoms. The fourth-order valence-corrected chi connectivity index (χ4v) is 4.20. The lowest BCUT2D eigenvalue weighted by atomic mass is 9.58. The van der Waals surface area contributed by atoms with Gasteiger partial charge < -0.3 is 10.2 Å². The predicted octanol–water partition coefficient (Wildman–Crippen LogP) is 3.66. The summed E-state index contributed by atoms with van der Waals surface area (Å²) in [7, 11) is 0. The number of aliphatic carboxylic acids is 1. The van der Waals surface area contributed by atoms with Gasteiger partial charge in [-0.25, -0.2) is 4.79 Å². The summed E-state index contributed by atoms with van der Waals surface area (Å²) in [6.45, 7) is 8.09. The van der Waals surface area contributed by atoms with E-state index in [1.807, 2.05) is 6.08 Å². The molecule has 122 valence electrons. The molecule has 0 aromatic heterocycles. The number of hydrogen-bond donors (Lipinski definition) is 2. The third-order valence-electron chi connectivity index (χ3n) is 5.60. The lowest BCUT2D eigenvalue weighted by molar-refractivity contribution is -0.132. The van der Waals surface area contributed by atoms with Crippen molar-refractivity contribution in [1.29, 1.82) is 0 Å². The molecule has 0 bridgehead atoms. The highest BCUT2D eigenvalue weighted by Crippen LogP contribution is 2.48.